The molecule has 4 nitrogen and oxygen atoms in total. The highest BCUT2D eigenvalue weighted by atomic mass is 16.5. The zero-order valence-corrected chi connectivity index (χ0v) is 14.3. The van der Waals surface area contributed by atoms with Gasteiger partial charge in [0.15, 0.2) is 5.75 Å². The molecule has 1 saturated heterocycles. The SMILES string of the molecule is COc1c[nH]c(CN2CCCC[C@H]2CCc2ccccc2)cc1=O. The Morgan fingerprint density at radius 2 is 2.08 bits per heavy atom. The van der Waals surface area contributed by atoms with Crippen LogP contribution in [0.3, 0.4) is 0 Å². The van der Waals surface area contributed by atoms with E-state index in [1.807, 2.05) is 0 Å². The fourth-order valence-corrected chi connectivity index (χ4v) is 3.54. The van der Waals surface area contributed by atoms with Gasteiger partial charge in [-0.1, -0.05) is 36.8 Å². The summed E-state index contributed by atoms with van der Waals surface area (Å²) >= 11 is 0. The fourth-order valence-electron chi connectivity index (χ4n) is 3.54. The lowest BCUT2D eigenvalue weighted by molar-refractivity contribution is 0.131. The molecule has 1 aliphatic rings. The van der Waals surface area contributed by atoms with E-state index >= 15 is 0 Å². The minimum atomic E-state index is -0.0518. The number of piperidine rings is 1. The molecule has 1 aliphatic heterocycles. The van der Waals surface area contributed by atoms with Crippen LogP contribution in [0, 0.1) is 0 Å². The van der Waals surface area contributed by atoms with Crippen molar-refractivity contribution in [2.45, 2.75) is 44.7 Å². The van der Waals surface area contributed by atoms with Crippen LogP contribution >= 0.6 is 0 Å². The summed E-state index contributed by atoms with van der Waals surface area (Å²) in [6.07, 6.45) is 7.73. The smallest absolute Gasteiger partial charge is 0.223 e. The van der Waals surface area contributed by atoms with Crippen molar-refractivity contribution in [2.75, 3.05) is 13.7 Å². The number of nitrogens with one attached hydrogen (secondary N) is 1. The molecule has 2 heterocycles. The van der Waals surface area contributed by atoms with E-state index in [9.17, 15) is 4.79 Å². The van der Waals surface area contributed by atoms with Crippen LogP contribution in [0.2, 0.25) is 0 Å². The molecule has 24 heavy (non-hydrogen) atoms. The molecule has 0 amide bonds. The number of aromatic amines is 1. The molecule has 0 saturated carbocycles. The predicted octanol–water partition coefficient (Wildman–Crippen LogP) is 3.37. The highest BCUT2D eigenvalue weighted by molar-refractivity contribution is 5.20. The van der Waals surface area contributed by atoms with Gasteiger partial charge in [0, 0.05) is 30.5 Å². The molecule has 2 aromatic rings. The van der Waals surface area contributed by atoms with Gasteiger partial charge in [-0.2, -0.15) is 0 Å². The first-order valence-electron chi connectivity index (χ1n) is 8.80. The van der Waals surface area contributed by atoms with E-state index in [0.717, 1.165) is 25.2 Å². The van der Waals surface area contributed by atoms with Crippen molar-refractivity contribution in [1.29, 1.82) is 0 Å². The Balaban J connectivity index is 1.63. The third kappa shape index (κ3) is 4.26. The van der Waals surface area contributed by atoms with Gasteiger partial charge in [-0.05, 0) is 37.8 Å². The third-order valence-electron chi connectivity index (χ3n) is 4.89. The fraction of sp³-hybridized carbons (Fsp3) is 0.450. The predicted molar refractivity (Wildman–Crippen MR) is 96.4 cm³/mol. The molecule has 0 bridgehead atoms. The summed E-state index contributed by atoms with van der Waals surface area (Å²) in [7, 11) is 1.52. The number of pyridine rings is 1. The molecule has 1 N–H and O–H groups in total. The van der Waals surface area contributed by atoms with Crippen LogP contribution < -0.4 is 10.2 Å². The lowest BCUT2D eigenvalue weighted by Crippen LogP contribution is -2.39. The molecule has 1 aromatic carbocycles. The molecular formula is C20H26N2O2. The molecule has 0 aliphatic carbocycles. The van der Waals surface area contributed by atoms with Gasteiger partial charge < -0.3 is 9.72 Å². The number of likely N-dealkylation sites (tertiary alicyclic amines) is 1. The summed E-state index contributed by atoms with van der Waals surface area (Å²) in [4.78, 5) is 17.7. The van der Waals surface area contributed by atoms with Crippen molar-refractivity contribution >= 4 is 0 Å². The van der Waals surface area contributed by atoms with Crippen LogP contribution in [0.4, 0.5) is 0 Å². The maximum Gasteiger partial charge on any atom is 0.223 e. The van der Waals surface area contributed by atoms with Crippen molar-refractivity contribution in [2.24, 2.45) is 0 Å². The van der Waals surface area contributed by atoms with Crippen molar-refractivity contribution in [3.8, 4) is 5.75 Å². The van der Waals surface area contributed by atoms with Crippen molar-refractivity contribution in [1.82, 2.24) is 9.88 Å². The Labute approximate surface area is 143 Å². The molecular weight excluding hydrogens is 300 g/mol. The number of aromatic nitrogens is 1. The molecule has 128 valence electrons. The Bertz CT molecular complexity index is 696. The first-order valence-corrected chi connectivity index (χ1v) is 8.80. The Morgan fingerprint density at radius 3 is 2.83 bits per heavy atom. The summed E-state index contributed by atoms with van der Waals surface area (Å²) in [6, 6.07) is 12.9. The number of aryl methyl sites for hydroxylation is 1. The lowest BCUT2D eigenvalue weighted by atomic mass is 9.95. The average molecular weight is 326 g/mol. The Hall–Kier alpha value is -2.07. The summed E-state index contributed by atoms with van der Waals surface area (Å²) < 4.78 is 5.04. The van der Waals surface area contributed by atoms with Gasteiger partial charge in [0.25, 0.3) is 0 Å². The van der Waals surface area contributed by atoms with Crippen molar-refractivity contribution in [3.05, 3.63) is 64.1 Å². The molecule has 1 atom stereocenters. The Morgan fingerprint density at radius 1 is 1.25 bits per heavy atom. The van der Waals surface area contributed by atoms with Crippen LogP contribution in [0.5, 0.6) is 5.75 Å². The summed E-state index contributed by atoms with van der Waals surface area (Å²) in [5.74, 6) is 0.373. The van der Waals surface area contributed by atoms with E-state index in [1.54, 1.807) is 12.3 Å². The van der Waals surface area contributed by atoms with Gasteiger partial charge in [0.05, 0.1) is 7.11 Å². The monoisotopic (exact) mass is 326 g/mol. The maximum atomic E-state index is 11.9. The number of ether oxygens (including phenoxy) is 1. The standard InChI is InChI=1S/C20H26N2O2/c1-24-20-14-21-17(13-19(20)23)15-22-12-6-5-9-18(22)11-10-16-7-3-2-4-8-16/h2-4,7-8,13-14,18H,5-6,9-12,15H2,1H3,(H,21,23)/t18-/m0/s1. The van der Waals surface area contributed by atoms with Crippen LogP contribution in [0.1, 0.15) is 36.9 Å². The summed E-state index contributed by atoms with van der Waals surface area (Å²) in [5, 5.41) is 0. The van der Waals surface area contributed by atoms with Crippen LogP contribution in [0.15, 0.2) is 47.4 Å². The second kappa shape index (κ2) is 8.15. The van der Waals surface area contributed by atoms with Crippen LogP contribution in [0.25, 0.3) is 0 Å². The largest absolute Gasteiger partial charge is 0.491 e. The highest BCUT2D eigenvalue weighted by Crippen LogP contribution is 2.23. The summed E-state index contributed by atoms with van der Waals surface area (Å²) in [5.41, 5.74) is 2.32. The first-order chi connectivity index (χ1) is 11.8. The number of methoxy groups -OCH3 is 1. The van der Waals surface area contributed by atoms with Gasteiger partial charge in [-0.3, -0.25) is 9.69 Å². The highest BCUT2D eigenvalue weighted by Gasteiger charge is 2.22. The van der Waals surface area contributed by atoms with E-state index in [-0.39, 0.29) is 5.43 Å². The zero-order chi connectivity index (χ0) is 16.8. The normalized spacial score (nSPS) is 18.5. The van der Waals surface area contributed by atoms with E-state index < -0.39 is 0 Å². The minimum absolute atomic E-state index is 0.0518. The number of hydrogen-bond donors (Lipinski definition) is 1. The zero-order valence-electron chi connectivity index (χ0n) is 14.3. The van der Waals surface area contributed by atoms with Gasteiger partial charge in [0.2, 0.25) is 5.43 Å². The second-order valence-electron chi connectivity index (χ2n) is 6.54. The number of benzene rings is 1. The topological polar surface area (TPSA) is 45.3 Å². The lowest BCUT2D eigenvalue weighted by Gasteiger charge is -2.35. The second-order valence-corrected chi connectivity index (χ2v) is 6.54. The van der Waals surface area contributed by atoms with Gasteiger partial charge in [-0.15, -0.1) is 0 Å². The first kappa shape index (κ1) is 16.8. The molecule has 0 radical (unpaired) electrons. The third-order valence-corrected chi connectivity index (χ3v) is 4.89. The number of rotatable bonds is 6. The molecule has 3 rings (SSSR count). The van der Waals surface area contributed by atoms with E-state index in [0.29, 0.717) is 11.8 Å². The Kier molecular flexibility index (Phi) is 5.70. The average Bonchev–Trinajstić information content (AvgIpc) is 2.62. The minimum Gasteiger partial charge on any atom is -0.491 e. The van der Waals surface area contributed by atoms with Gasteiger partial charge in [-0.25, -0.2) is 0 Å². The van der Waals surface area contributed by atoms with Crippen LogP contribution in [-0.2, 0) is 13.0 Å². The van der Waals surface area contributed by atoms with E-state index in [4.69, 9.17) is 4.74 Å². The van der Waals surface area contributed by atoms with Crippen molar-refractivity contribution in [3.63, 3.8) is 0 Å². The number of H-pyrrole nitrogens is 1. The molecule has 1 fully saturated rings. The van der Waals surface area contributed by atoms with E-state index in [1.165, 1.54) is 38.4 Å². The van der Waals surface area contributed by atoms with Crippen LogP contribution in [-0.4, -0.2) is 29.6 Å². The number of hydrogen-bond acceptors (Lipinski definition) is 3. The summed E-state index contributed by atoms with van der Waals surface area (Å²) in [6.45, 7) is 1.91. The molecule has 0 unspecified atom stereocenters. The molecule has 4 heteroatoms. The quantitative estimate of drug-likeness (QED) is 0.885. The molecule has 0 spiro atoms. The van der Waals surface area contributed by atoms with Gasteiger partial charge >= 0.3 is 0 Å². The number of nitrogens with zero attached hydrogens (tertiary/aromatic N) is 1. The molecule has 1 aromatic heterocycles. The van der Waals surface area contributed by atoms with Gasteiger partial charge in [0.1, 0.15) is 0 Å². The maximum absolute atomic E-state index is 11.9. The van der Waals surface area contributed by atoms with E-state index in [2.05, 4.69) is 40.2 Å². The van der Waals surface area contributed by atoms with Crippen molar-refractivity contribution < 1.29 is 4.74 Å².